The highest BCUT2D eigenvalue weighted by Gasteiger charge is 2.83. The fourth-order valence-electron chi connectivity index (χ4n) is 5.29. The molecule has 2 aromatic heterocycles. The van der Waals surface area contributed by atoms with E-state index in [0.29, 0.717) is 6.07 Å². The molecule has 0 aliphatic heterocycles. The van der Waals surface area contributed by atoms with Gasteiger partial charge < -0.3 is 9.84 Å². The number of hydrogen-bond donors (Lipinski definition) is 1. The third-order valence-corrected chi connectivity index (χ3v) is 6.88. The molecule has 0 radical (unpaired) electrons. The lowest BCUT2D eigenvalue weighted by atomic mass is 9.31. The van der Waals surface area contributed by atoms with Crippen molar-refractivity contribution in [1.29, 1.82) is 0 Å². The van der Waals surface area contributed by atoms with Crippen molar-refractivity contribution >= 4 is 0 Å². The molecule has 0 spiro atoms. The molecule has 1 atom stereocenters. The normalized spacial score (nSPS) is 25.0. The van der Waals surface area contributed by atoms with Gasteiger partial charge in [-0.1, -0.05) is 0 Å². The molecule has 0 unspecified atom stereocenters. The lowest BCUT2D eigenvalue weighted by Crippen LogP contribution is -2.76. The van der Waals surface area contributed by atoms with E-state index in [1.54, 1.807) is 0 Å². The summed E-state index contributed by atoms with van der Waals surface area (Å²) in [5.41, 5.74) is -6.58. The molecule has 2 bridgehead atoms. The van der Waals surface area contributed by atoms with Gasteiger partial charge in [-0.25, -0.2) is 32.2 Å². The lowest BCUT2D eigenvalue weighted by molar-refractivity contribution is -0.349. The first-order valence-corrected chi connectivity index (χ1v) is 10.6. The van der Waals surface area contributed by atoms with Gasteiger partial charge in [0.25, 0.3) is 5.92 Å². The summed E-state index contributed by atoms with van der Waals surface area (Å²) in [5.74, 6) is -6.37. The molecule has 192 valence electrons. The molecule has 1 aromatic carbocycles. The van der Waals surface area contributed by atoms with Gasteiger partial charge in [0.15, 0.2) is 18.0 Å². The third kappa shape index (κ3) is 3.67. The Balaban J connectivity index is 1.39. The zero-order chi connectivity index (χ0) is 26.0. The monoisotopic (exact) mass is 518 g/mol. The van der Waals surface area contributed by atoms with Crippen LogP contribution in [0.3, 0.4) is 0 Å². The first-order chi connectivity index (χ1) is 16.8. The van der Waals surface area contributed by atoms with Gasteiger partial charge in [-0.05, 0) is 41.8 Å². The van der Waals surface area contributed by atoms with Crippen LogP contribution in [0.5, 0.6) is 5.75 Å². The molecule has 3 fully saturated rings. The number of halogens is 7. The molecule has 36 heavy (non-hydrogen) atoms. The fourth-order valence-corrected chi connectivity index (χ4v) is 5.29. The molecule has 3 aliphatic carbocycles. The topological polar surface area (TPSA) is 98.8 Å². The molecule has 6 rings (SSSR count). The maximum atomic E-state index is 16.1. The third-order valence-electron chi connectivity index (χ3n) is 6.88. The SMILES string of the molecule is O[C@@](Cn1cnnn1)(c1ccc(F)cc1F)C(F)(F)C12CC(c3ncc(OCC(F)(F)F)cn3)(C1)C2. The Bertz CT molecular complexity index is 1250. The van der Waals surface area contributed by atoms with Gasteiger partial charge >= 0.3 is 6.18 Å². The van der Waals surface area contributed by atoms with Gasteiger partial charge in [0.2, 0.25) is 0 Å². The van der Waals surface area contributed by atoms with Gasteiger partial charge in [-0.2, -0.15) is 13.2 Å². The van der Waals surface area contributed by atoms with Crippen LogP contribution in [0.1, 0.15) is 30.7 Å². The second-order valence-electron chi connectivity index (χ2n) is 9.30. The second kappa shape index (κ2) is 7.82. The average Bonchev–Trinajstić information content (AvgIpc) is 3.23. The highest BCUT2D eigenvalue weighted by molar-refractivity contribution is 5.39. The number of hydrogen-bond acceptors (Lipinski definition) is 7. The summed E-state index contributed by atoms with van der Waals surface area (Å²) in [6, 6.07) is 1.92. The predicted octanol–water partition coefficient (Wildman–Crippen LogP) is 3.33. The van der Waals surface area contributed by atoms with Crippen LogP contribution in [-0.4, -0.2) is 54.0 Å². The summed E-state index contributed by atoms with van der Waals surface area (Å²) >= 11 is 0. The number of ether oxygens (including phenoxy) is 1. The summed E-state index contributed by atoms with van der Waals surface area (Å²) in [6.45, 7) is -2.44. The highest BCUT2D eigenvalue weighted by Crippen LogP contribution is 2.80. The highest BCUT2D eigenvalue weighted by atomic mass is 19.4. The molecular formula is C21H17F7N6O2. The number of rotatable bonds is 8. The van der Waals surface area contributed by atoms with E-state index in [4.69, 9.17) is 0 Å². The summed E-state index contributed by atoms with van der Waals surface area (Å²) in [7, 11) is 0. The van der Waals surface area contributed by atoms with Crippen LogP contribution >= 0.6 is 0 Å². The van der Waals surface area contributed by atoms with Gasteiger partial charge in [0.1, 0.15) is 23.8 Å². The van der Waals surface area contributed by atoms with Crippen LogP contribution < -0.4 is 4.74 Å². The number of tetrazole rings is 1. The maximum absolute atomic E-state index is 16.1. The van der Waals surface area contributed by atoms with E-state index in [1.807, 2.05) is 0 Å². The molecule has 3 aliphatic rings. The van der Waals surface area contributed by atoms with Crippen molar-refractivity contribution < 1.29 is 40.6 Å². The van der Waals surface area contributed by atoms with Crippen molar-refractivity contribution in [3.8, 4) is 5.75 Å². The molecule has 0 amide bonds. The molecule has 3 aromatic rings. The number of alkyl halides is 5. The van der Waals surface area contributed by atoms with E-state index >= 15 is 8.78 Å². The fraction of sp³-hybridized carbons (Fsp3) is 0.476. The smallest absolute Gasteiger partial charge is 0.422 e. The summed E-state index contributed by atoms with van der Waals surface area (Å²) in [5, 5.41) is 21.5. The molecular weight excluding hydrogens is 501 g/mol. The van der Waals surface area contributed by atoms with Gasteiger partial charge in [0, 0.05) is 22.5 Å². The zero-order valence-electron chi connectivity index (χ0n) is 18.2. The van der Waals surface area contributed by atoms with Gasteiger partial charge in [0.05, 0.1) is 18.9 Å². The molecule has 1 N–H and O–H groups in total. The minimum Gasteiger partial charge on any atom is -0.481 e. The van der Waals surface area contributed by atoms with Crippen LogP contribution in [0.4, 0.5) is 30.7 Å². The Hall–Kier alpha value is -3.36. The van der Waals surface area contributed by atoms with Crippen molar-refractivity contribution in [1.82, 2.24) is 30.2 Å². The number of aromatic nitrogens is 6. The summed E-state index contributed by atoms with van der Waals surface area (Å²) in [4.78, 5) is 7.97. The van der Waals surface area contributed by atoms with E-state index in [9.17, 15) is 27.1 Å². The van der Waals surface area contributed by atoms with E-state index in [-0.39, 0.29) is 30.8 Å². The minimum absolute atomic E-state index is 0.150. The lowest BCUT2D eigenvalue weighted by Gasteiger charge is -2.73. The minimum atomic E-state index is -4.55. The molecule has 15 heteroatoms. The van der Waals surface area contributed by atoms with E-state index in [2.05, 4.69) is 30.2 Å². The first-order valence-electron chi connectivity index (χ1n) is 10.6. The number of nitrogens with zero attached hydrogens (tertiary/aromatic N) is 6. The van der Waals surface area contributed by atoms with Gasteiger partial charge in [-0.3, -0.25) is 0 Å². The van der Waals surface area contributed by atoms with Crippen molar-refractivity contribution in [2.45, 2.75) is 48.9 Å². The van der Waals surface area contributed by atoms with E-state index in [1.165, 1.54) is 0 Å². The van der Waals surface area contributed by atoms with Crippen molar-refractivity contribution in [2.75, 3.05) is 6.61 Å². The zero-order valence-corrected chi connectivity index (χ0v) is 18.2. The van der Waals surface area contributed by atoms with Crippen LogP contribution in [-0.2, 0) is 17.6 Å². The Morgan fingerprint density at radius 1 is 1.03 bits per heavy atom. The van der Waals surface area contributed by atoms with Crippen LogP contribution in [0.2, 0.25) is 0 Å². The van der Waals surface area contributed by atoms with Crippen LogP contribution in [0.15, 0.2) is 36.9 Å². The molecule has 3 saturated carbocycles. The van der Waals surface area contributed by atoms with Crippen molar-refractivity contribution in [3.63, 3.8) is 0 Å². The first kappa shape index (κ1) is 24.3. The average molecular weight is 518 g/mol. The molecule has 8 nitrogen and oxygen atoms in total. The standard InChI is InChI=1S/C21H17F7N6O2/c22-12-1-2-14(15(23)3-12)19(35,9-34-11-31-32-33-34)21(27,28)18-6-17(7-18,8-18)16-29-4-13(5-30-16)36-10-20(24,25)26/h1-5,11,35H,6-10H2/t17?,18?,19-/m0/s1. The Morgan fingerprint density at radius 3 is 2.25 bits per heavy atom. The quantitative estimate of drug-likeness (QED) is 0.457. The molecule has 2 heterocycles. The maximum Gasteiger partial charge on any atom is 0.422 e. The van der Waals surface area contributed by atoms with Crippen molar-refractivity contribution in [3.05, 3.63) is 59.9 Å². The predicted molar refractivity (Wildman–Crippen MR) is 105 cm³/mol. The second-order valence-corrected chi connectivity index (χ2v) is 9.30. The Labute approximate surface area is 198 Å². The number of benzene rings is 1. The summed E-state index contributed by atoms with van der Waals surface area (Å²) in [6.07, 6.45) is -2.03. The Kier molecular flexibility index (Phi) is 5.29. The van der Waals surface area contributed by atoms with Crippen molar-refractivity contribution in [2.24, 2.45) is 5.41 Å². The van der Waals surface area contributed by atoms with Crippen LogP contribution in [0.25, 0.3) is 0 Å². The largest absolute Gasteiger partial charge is 0.481 e. The number of aliphatic hydroxyl groups is 1. The Morgan fingerprint density at radius 2 is 1.69 bits per heavy atom. The molecule has 0 saturated heterocycles. The van der Waals surface area contributed by atoms with E-state index in [0.717, 1.165) is 35.5 Å². The van der Waals surface area contributed by atoms with Gasteiger partial charge in [-0.15, -0.1) is 5.10 Å². The van der Waals surface area contributed by atoms with E-state index < -0.39 is 58.9 Å². The summed E-state index contributed by atoms with van der Waals surface area (Å²) < 4.78 is 103. The van der Waals surface area contributed by atoms with Crippen LogP contribution in [0, 0.1) is 17.0 Å².